The molecule has 1 heterocycles. The molecule has 0 radical (unpaired) electrons. The Morgan fingerprint density at radius 3 is 2.42 bits per heavy atom. The fourth-order valence-electron chi connectivity index (χ4n) is 3.16. The van der Waals surface area contributed by atoms with Crippen LogP contribution in [0, 0.1) is 5.41 Å². The van der Waals surface area contributed by atoms with Crippen molar-refractivity contribution in [3.63, 3.8) is 0 Å². The molecule has 0 bridgehead atoms. The van der Waals surface area contributed by atoms with Crippen LogP contribution in [0.25, 0.3) is 0 Å². The summed E-state index contributed by atoms with van der Waals surface area (Å²) in [4.78, 5) is 11.3. The standard InChI is InChI=1S/C13H23NO4S/c1-13(12(15)16)8-5-9-14(10-13)19(17,18)11-6-3-2-4-7-11/h11H,2-10H2,1H3,(H,15,16). The Hall–Kier alpha value is -0.620. The number of carboxylic acid groups (broad SMARTS) is 1. The number of nitrogens with zero attached hydrogens (tertiary/aromatic N) is 1. The maximum atomic E-state index is 12.6. The molecule has 2 fully saturated rings. The minimum atomic E-state index is -3.32. The van der Waals surface area contributed by atoms with E-state index in [1.165, 1.54) is 4.31 Å². The zero-order valence-electron chi connectivity index (χ0n) is 11.5. The van der Waals surface area contributed by atoms with E-state index in [-0.39, 0.29) is 11.8 Å². The van der Waals surface area contributed by atoms with E-state index in [0.717, 1.165) is 32.1 Å². The van der Waals surface area contributed by atoms with Crippen LogP contribution >= 0.6 is 0 Å². The van der Waals surface area contributed by atoms with Crippen LogP contribution in [0.2, 0.25) is 0 Å². The maximum Gasteiger partial charge on any atom is 0.310 e. The van der Waals surface area contributed by atoms with Crippen molar-refractivity contribution in [1.29, 1.82) is 0 Å². The van der Waals surface area contributed by atoms with Crippen LogP contribution in [0.4, 0.5) is 0 Å². The molecule has 1 aliphatic heterocycles. The number of rotatable bonds is 3. The lowest BCUT2D eigenvalue weighted by molar-refractivity contribution is -0.150. The molecule has 1 saturated carbocycles. The van der Waals surface area contributed by atoms with Crippen molar-refractivity contribution in [2.45, 2.75) is 57.1 Å². The Balaban J connectivity index is 2.14. The number of hydrogen-bond donors (Lipinski definition) is 1. The molecule has 0 aromatic heterocycles. The molecule has 110 valence electrons. The number of carboxylic acids is 1. The van der Waals surface area contributed by atoms with Crippen LogP contribution in [0.5, 0.6) is 0 Å². The first kappa shape index (κ1) is 14.8. The number of piperidine rings is 1. The van der Waals surface area contributed by atoms with E-state index in [9.17, 15) is 18.3 Å². The van der Waals surface area contributed by atoms with E-state index in [0.29, 0.717) is 19.4 Å². The number of carbonyl (C=O) groups is 1. The van der Waals surface area contributed by atoms with Gasteiger partial charge in [-0.05, 0) is 32.6 Å². The topological polar surface area (TPSA) is 74.7 Å². The fourth-order valence-corrected chi connectivity index (χ4v) is 5.36. The van der Waals surface area contributed by atoms with Crippen LogP contribution < -0.4 is 0 Å². The van der Waals surface area contributed by atoms with Crippen molar-refractivity contribution in [2.24, 2.45) is 5.41 Å². The van der Waals surface area contributed by atoms with Gasteiger partial charge in [0.05, 0.1) is 10.7 Å². The van der Waals surface area contributed by atoms with Gasteiger partial charge in [0.25, 0.3) is 0 Å². The quantitative estimate of drug-likeness (QED) is 0.860. The zero-order valence-corrected chi connectivity index (χ0v) is 12.3. The molecular formula is C13H23NO4S. The van der Waals surface area contributed by atoms with Gasteiger partial charge >= 0.3 is 5.97 Å². The Morgan fingerprint density at radius 1 is 1.21 bits per heavy atom. The highest BCUT2D eigenvalue weighted by Gasteiger charge is 2.43. The van der Waals surface area contributed by atoms with Crippen LogP contribution in [-0.4, -0.2) is 42.1 Å². The van der Waals surface area contributed by atoms with Gasteiger partial charge in [-0.25, -0.2) is 12.7 Å². The molecule has 1 saturated heterocycles. The van der Waals surface area contributed by atoms with Gasteiger partial charge in [-0.2, -0.15) is 0 Å². The highest BCUT2D eigenvalue weighted by atomic mass is 32.2. The molecule has 1 N–H and O–H groups in total. The molecule has 0 aromatic rings. The molecule has 0 spiro atoms. The molecule has 2 aliphatic rings. The average molecular weight is 289 g/mol. The Bertz CT molecular complexity index is 442. The molecule has 2 rings (SSSR count). The third-order valence-electron chi connectivity index (χ3n) is 4.51. The fraction of sp³-hybridized carbons (Fsp3) is 0.923. The molecule has 6 heteroatoms. The summed E-state index contributed by atoms with van der Waals surface area (Å²) in [7, 11) is -3.32. The second-order valence-corrected chi connectivity index (χ2v) is 8.32. The van der Waals surface area contributed by atoms with Gasteiger partial charge in [-0.1, -0.05) is 19.3 Å². The number of aliphatic carboxylic acids is 1. The normalized spacial score (nSPS) is 31.2. The molecule has 1 atom stereocenters. The second kappa shape index (κ2) is 5.40. The zero-order chi connectivity index (χ0) is 14.1. The summed E-state index contributed by atoms with van der Waals surface area (Å²) in [6, 6.07) is 0. The first-order valence-corrected chi connectivity index (χ1v) is 8.59. The molecule has 5 nitrogen and oxygen atoms in total. The van der Waals surface area contributed by atoms with Gasteiger partial charge in [0, 0.05) is 13.1 Å². The minimum absolute atomic E-state index is 0.126. The minimum Gasteiger partial charge on any atom is -0.481 e. The Labute approximate surface area is 115 Å². The SMILES string of the molecule is CC1(C(=O)O)CCCN(S(=O)(=O)C2CCCCC2)C1. The predicted octanol–water partition coefficient (Wildman–Crippen LogP) is 1.84. The molecule has 0 aromatic carbocycles. The van der Waals surface area contributed by atoms with Crippen LogP contribution in [0.1, 0.15) is 51.9 Å². The van der Waals surface area contributed by atoms with E-state index in [4.69, 9.17) is 0 Å². The summed E-state index contributed by atoms with van der Waals surface area (Å²) < 4.78 is 26.6. The number of hydrogen-bond acceptors (Lipinski definition) is 3. The van der Waals surface area contributed by atoms with Crippen molar-refractivity contribution < 1.29 is 18.3 Å². The molecule has 19 heavy (non-hydrogen) atoms. The smallest absolute Gasteiger partial charge is 0.310 e. The monoisotopic (exact) mass is 289 g/mol. The summed E-state index contributed by atoms with van der Waals surface area (Å²) in [5, 5.41) is 8.98. The summed E-state index contributed by atoms with van der Waals surface area (Å²) in [6.07, 6.45) is 5.68. The van der Waals surface area contributed by atoms with Gasteiger partial charge in [0.15, 0.2) is 0 Å². The van der Waals surface area contributed by atoms with E-state index in [2.05, 4.69) is 0 Å². The van der Waals surface area contributed by atoms with E-state index < -0.39 is 21.4 Å². The third-order valence-corrected chi connectivity index (χ3v) is 6.86. The summed E-state index contributed by atoms with van der Waals surface area (Å²) in [5.74, 6) is -0.893. The molecule has 1 aliphatic carbocycles. The molecular weight excluding hydrogens is 266 g/mol. The largest absolute Gasteiger partial charge is 0.481 e. The molecule has 0 amide bonds. The Kier molecular flexibility index (Phi) is 4.20. The van der Waals surface area contributed by atoms with Gasteiger partial charge < -0.3 is 5.11 Å². The lowest BCUT2D eigenvalue weighted by atomic mass is 9.83. The summed E-state index contributed by atoms with van der Waals surface area (Å²) in [5.41, 5.74) is -0.931. The van der Waals surface area contributed by atoms with Crippen molar-refractivity contribution in [2.75, 3.05) is 13.1 Å². The predicted molar refractivity (Wildman–Crippen MR) is 72.3 cm³/mol. The maximum absolute atomic E-state index is 12.6. The second-order valence-electron chi connectivity index (χ2n) is 6.11. The van der Waals surface area contributed by atoms with E-state index >= 15 is 0 Å². The van der Waals surface area contributed by atoms with Crippen molar-refractivity contribution >= 4 is 16.0 Å². The van der Waals surface area contributed by atoms with Crippen LogP contribution in [0.15, 0.2) is 0 Å². The summed E-state index contributed by atoms with van der Waals surface area (Å²) >= 11 is 0. The first-order chi connectivity index (χ1) is 8.86. The van der Waals surface area contributed by atoms with Gasteiger partial charge in [-0.3, -0.25) is 4.79 Å². The van der Waals surface area contributed by atoms with Crippen molar-refractivity contribution in [3.05, 3.63) is 0 Å². The van der Waals surface area contributed by atoms with E-state index in [1.54, 1.807) is 6.92 Å². The Morgan fingerprint density at radius 2 is 1.84 bits per heavy atom. The van der Waals surface area contributed by atoms with E-state index in [1.807, 2.05) is 0 Å². The van der Waals surface area contributed by atoms with Gasteiger partial charge in [0.1, 0.15) is 0 Å². The summed E-state index contributed by atoms with van der Waals surface area (Å²) in [6.45, 7) is 2.25. The highest BCUT2D eigenvalue weighted by molar-refractivity contribution is 7.89. The van der Waals surface area contributed by atoms with Crippen LogP contribution in [-0.2, 0) is 14.8 Å². The molecule has 1 unspecified atom stereocenters. The van der Waals surface area contributed by atoms with Crippen LogP contribution in [0.3, 0.4) is 0 Å². The average Bonchev–Trinajstić information content (AvgIpc) is 2.39. The number of sulfonamides is 1. The third kappa shape index (κ3) is 2.94. The van der Waals surface area contributed by atoms with Gasteiger partial charge in [-0.15, -0.1) is 0 Å². The first-order valence-electron chi connectivity index (χ1n) is 7.09. The lowest BCUT2D eigenvalue weighted by Crippen LogP contribution is -2.51. The van der Waals surface area contributed by atoms with Crippen molar-refractivity contribution in [3.8, 4) is 0 Å². The van der Waals surface area contributed by atoms with Crippen molar-refractivity contribution in [1.82, 2.24) is 4.31 Å². The van der Waals surface area contributed by atoms with Gasteiger partial charge in [0.2, 0.25) is 10.0 Å². The lowest BCUT2D eigenvalue weighted by Gasteiger charge is -2.39. The highest BCUT2D eigenvalue weighted by Crippen LogP contribution is 2.34.